The number of aryl methyl sites for hydroxylation is 1. The molecule has 1 amide bonds. The largest absolute Gasteiger partial charge is 0.366 e. The first-order valence-electron chi connectivity index (χ1n) is 14.0. The van der Waals surface area contributed by atoms with Gasteiger partial charge in [-0.1, -0.05) is 44.2 Å². The molecule has 4 aromatic rings. The maximum atomic E-state index is 15.0. The third kappa shape index (κ3) is 5.04. The van der Waals surface area contributed by atoms with E-state index in [1.807, 2.05) is 32.6 Å². The summed E-state index contributed by atoms with van der Waals surface area (Å²) < 4.78 is 16.4. The van der Waals surface area contributed by atoms with Crippen molar-refractivity contribution in [3.05, 3.63) is 87.5 Å². The lowest BCUT2D eigenvalue weighted by Crippen LogP contribution is -2.58. The van der Waals surface area contributed by atoms with Gasteiger partial charge in [-0.3, -0.25) is 14.2 Å². The second-order valence-electron chi connectivity index (χ2n) is 11.0. The lowest BCUT2D eigenvalue weighted by atomic mass is 10.0. The first kappa shape index (κ1) is 29.9. The minimum atomic E-state index is -0.607. The lowest BCUT2D eigenvalue weighted by molar-refractivity contribution is -0.130. The predicted molar refractivity (Wildman–Crippen MR) is 165 cm³/mol. The average molecular weight is 600 g/mol. The van der Waals surface area contributed by atoms with Gasteiger partial charge >= 0.3 is 0 Å². The Balaban J connectivity index is 1.90. The number of fused-ring (bicyclic) bond motifs is 1. The van der Waals surface area contributed by atoms with Crippen LogP contribution in [0.5, 0.6) is 0 Å². The Hall–Kier alpha value is -4.62. The number of hydrogen-bond donors (Lipinski definition) is 0. The number of piperazine rings is 1. The summed E-state index contributed by atoms with van der Waals surface area (Å²) in [6.07, 6.45) is 2.72. The molecule has 220 valence electrons. The van der Waals surface area contributed by atoms with E-state index in [0.717, 1.165) is 0 Å². The zero-order chi connectivity index (χ0) is 31.2. The summed E-state index contributed by atoms with van der Waals surface area (Å²) in [7, 11) is 0. The van der Waals surface area contributed by atoms with Crippen LogP contribution in [-0.4, -0.2) is 55.5 Å². The van der Waals surface area contributed by atoms with Crippen LogP contribution in [0, 0.1) is 24.1 Å². The van der Waals surface area contributed by atoms with Crippen molar-refractivity contribution in [1.29, 1.82) is 5.26 Å². The molecular weight excluding hydrogens is 569 g/mol. The van der Waals surface area contributed by atoms with Crippen molar-refractivity contribution in [2.75, 3.05) is 18.0 Å². The fourth-order valence-corrected chi connectivity index (χ4v) is 6.23. The van der Waals surface area contributed by atoms with Gasteiger partial charge in [0.25, 0.3) is 5.56 Å². The molecule has 2 atom stereocenters. The molecular formula is C32H31ClFN7O2. The van der Waals surface area contributed by atoms with Crippen LogP contribution in [0.2, 0.25) is 5.02 Å². The summed E-state index contributed by atoms with van der Waals surface area (Å²) in [5.74, 6) is -0.813. The Morgan fingerprint density at radius 3 is 2.47 bits per heavy atom. The standard InChI is InChI=1S/C32H31ClFN7O2/c1-7-26(42)40-18(4)14-39(15-19(40)5)30-22-12-24(33)28(21-10-8-9-11-25(21)34)38-31(22)41(32(43)23(30)13-35)29-20(6)36-16-37-27(29)17(2)3/h7-12,16-19H,1,14-15H2,2-6H3/t18-,19+. The molecule has 3 aromatic heterocycles. The summed E-state index contributed by atoms with van der Waals surface area (Å²) in [6, 6.07) is 9.39. The monoisotopic (exact) mass is 599 g/mol. The number of rotatable bonds is 5. The van der Waals surface area contributed by atoms with Gasteiger partial charge in [-0.25, -0.2) is 19.3 Å². The molecule has 0 N–H and O–H groups in total. The van der Waals surface area contributed by atoms with Gasteiger partial charge in [-0.15, -0.1) is 0 Å². The number of hydrogen-bond acceptors (Lipinski definition) is 7. The molecule has 0 spiro atoms. The minimum absolute atomic E-state index is 0.0978. The summed E-state index contributed by atoms with van der Waals surface area (Å²) in [5.41, 5.74) is 1.67. The van der Waals surface area contributed by atoms with Crippen LogP contribution in [-0.2, 0) is 4.79 Å². The number of halogens is 2. The van der Waals surface area contributed by atoms with Gasteiger partial charge in [0.05, 0.1) is 33.5 Å². The Morgan fingerprint density at radius 2 is 1.86 bits per heavy atom. The zero-order valence-corrected chi connectivity index (χ0v) is 25.4. The molecule has 0 bridgehead atoms. The number of aromatic nitrogens is 4. The Bertz CT molecular complexity index is 1870. The second kappa shape index (κ2) is 11.6. The van der Waals surface area contributed by atoms with Crippen LogP contribution in [0.1, 0.15) is 50.6 Å². The van der Waals surface area contributed by atoms with Gasteiger partial charge in [0, 0.05) is 36.1 Å². The Labute approximate surface area is 253 Å². The maximum absolute atomic E-state index is 15.0. The number of nitriles is 1. The number of pyridine rings is 2. The van der Waals surface area contributed by atoms with Crippen molar-refractivity contribution in [2.24, 2.45) is 0 Å². The van der Waals surface area contributed by atoms with Crippen molar-refractivity contribution in [3.63, 3.8) is 0 Å². The van der Waals surface area contributed by atoms with E-state index in [4.69, 9.17) is 16.6 Å². The molecule has 1 fully saturated rings. The fourth-order valence-electron chi connectivity index (χ4n) is 5.98. The first-order chi connectivity index (χ1) is 20.5. The third-order valence-corrected chi connectivity index (χ3v) is 8.07. The SMILES string of the molecule is C=CC(=O)N1[C@H](C)CN(c2c(C#N)c(=O)n(-c3c(C)ncnc3C(C)C)c3nc(-c4ccccc4F)c(Cl)cc23)C[C@@H]1C. The van der Waals surface area contributed by atoms with E-state index in [2.05, 4.69) is 22.6 Å². The molecule has 1 saturated heterocycles. The van der Waals surface area contributed by atoms with Crippen LogP contribution in [0.15, 0.2) is 54.1 Å². The van der Waals surface area contributed by atoms with Crippen LogP contribution in [0.25, 0.3) is 28.0 Å². The van der Waals surface area contributed by atoms with Gasteiger partial charge < -0.3 is 9.80 Å². The minimum Gasteiger partial charge on any atom is -0.366 e. The van der Waals surface area contributed by atoms with Crippen molar-refractivity contribution >= 4 is 34.2 Å². The number of amides is 1. The summed E-state index contributed by atoms with van der Waals surface area (Å²) in [6.45, 7) is 13.8. The van der Waals surface area contributed by atoms with E-state index < -0.39 is 11.4 Å². The van der Waals surface area contributed by atoms with Crippen LogP contribution in [0.3, 0.4) is 0 Å². The van der Waals surface area contributed by atoms with Gasteiger partial charge in [0.15, 0.2) is 0 Å². The molecule has 1 aromatic carbocycles. The van der Waals surface area contributed by atoms with Crippen LogP contribution < -0.4 is 10.5 Å². The van der Waals surface area contributed by atoms with Crippen molar-refractivity contribution < 1.29 is 9.18 Å². The number of carbonyl (C=O) groups is 1. The van der Waals surface area contributed by atoms with Gasteiger partial charge in [-0.05, 0) is 51.0 Å². The van der Waals surface area contributed by atoms with E-state index in [1.54, 1.807) is 36.1 Å². The highest BCUT2D eigenvalue weighted by atomic mass is 35.5. The second-order valence-corrected chi connectivity index (χ2v) is 11.5. The molecule has 0 saturated carbocycles. The number of nitrogens with zero attached hydrogens (tertiary/aromatic N) is 7. The first-order valence-corrected chi connectivity index (χ1v) is 14.3. The highest BCUT2D eigenvalue weighted by Gasteiger charge is 2.35. The normalized spacial score (nSPS) is 16.9. The van der Waals surface area contributed by atoms with E-state index in [9.17, 15) is 14.9 Å². The van der Waals surface area contributed by atoms with Gasteiger partial charge in [0.2, 0.25) is 5.91 Å². The topological polar surface area (TPSA) is 108 Å². The van der Waals surface area contributed by atoms with E-state index in [-0.39, 0.29) is 51.4 Å². The fraction of sp³-hybridized carbons (Fsp3) is 0.312. The molecule has 43 heavy (non-hydrogen) atoms. The molecule has 9 nitrogen and oxygen atoms in total. The molecule has 1 aliphatic heterocycles. The molecule has 0 radical (unpaired) electrons. The lowest BCUT2D eigenvalue weighted by Gasteiger charge is -2.45. The highest BCUT2D eigenvalue weighted by molar-refractivity contribution is 6.34. The van der Waals surface area contributed by atoms with Gasteiger partial charge in [-0.2, -0.15) is 5.26 Å². The third-order valence-electron chi connectivity index (χ3n) is 7.79. The smallest absolute Gasteiger partial charge is 0.276 e. The zero-order valence-electron chi connectivity index (χ0n) is 24.6. The molecule has 0 unspecified atom stereocenters. The number of carbonyl (C=O) groups excluding carboxylic acids is 1. The molecule has 4 heterocycles. The summed E-state index contributed by atoms with van der Waals surface area (Å²) >= 11 is 6.80. The number of benzene rings is 1. The predicted octanol–water partition coefficient (Wildman–Crippen LogP) is 5.55. The van der Waals surface area contributed by atoms with Crippen LogP contribution in [0.4, 0.5) is 10.1 Å². The molecule has 1 aliphatic rings. The quantitative estimate of drug-likeness (QED) is 0.277. The highest BCUT2D eigenvalue weighted by Crippen LogP contribution is 2.38. The van der Waals surface area contributed by atoms with Gasteiger partial charge in [0.1, 0.15) is 29.4 Å². The molecule has 5 rings (SSSR count). The van der Waals surface area contributed by atoms with Crippen molar-refractivity contribution in [1.82, 2.24) is 24.4 Å². The van der Waals surface area contributed by atoms with Crippen LogP contribution >= 0.6 is 11.6 Å². The summed E-state index contributed by atoms with van der Waals surface area (Å²) in [4.78, 5) is 44.3. The molecule has 0 aliphatic carbocycles. The summed E-state index contributed by atoms with van der Waals surface area (Å²) in [5, 5.41) is 11.0. The number of anilines is 1. The molecule has 11 heteroatoms. The average Bonchev–Trinajstić information content (AvgIpc) is 2.96. The Morgan fingerprint density at radius 1 is 1.19 bits per heavy atom. The van der Waals surface area contributed by atoms with E-state index >= 15 is 4.39 Å². The Kier molecular flexibility index (Phi) is 8.04. The maximum Gasteiger partial charge on any atom is 0.276 e. The van der Waals surface area contributed by atoms with E-state index in [0.29, 0.717) is 41.2 Å². The van der Waals surface area contributed by atoms with Crippen molar-refractivity contribution in [2.45, 2.75) is 52.6 Å². The van der Waals surface area contributed by atoms with E-state index in [1.165, 1.54) is 23.0 Å². The van der Waals surface area contributed by atoms with Crippen molar-refractivity contribution in [3.8, 4) is 23.0 Å².